The van der Waals surface area contributed by atoms with Gasteiger partial charge in [0.25, 0.3) is 0 Å². The summed E-state index contributed by atoms with van der Waals surface area (Å²) in [5.74, 6) is 1.90. The van der Waals surface area contributed by atoms with E-state index < -0.39 is 10.0 Å². The molecule has 1 unspecified atom stereocenters. The molecule has 3 rings (SSSR count). The molecule has 0 N–H and O–H groups in total. The monoisotopic (exact) mass is 523 g/mol. The molecule has 1 amide bonds. The molecule has 2 aliphatic rings. The molecule has 204 valence electrons. The van der Waals surface area contributed by atoms with E-state index in [9.17, 15) is 13.2 Å². The largest absolute Gasteiger partial charge is 0.497 e. The van der Waals surface area contributed by atoms with Crippen LogP contribution in [0.2, 0.25) is 0 Å². The molecule has 1 saturated heterocycles. The lowest BCUT2D eigenvalue weighted by atomic mass is 9.78. The smallest absolute Gasteiger partial charge is 0.248 e. The van der Waals surface area contributed by atoms with E-state index in [0.29, 0.717) is 22.8 Å². The Kier molecular flexibility index (Phi) is 10.2. The number of likely N-dealkylation sites (tertiary alicyclic amines) is 1. The molecule has 0 bridgehead atoms. The zero-order chi connectivity index (χ0) is 26.5. The van der Waals surface area contributed by atoms with E-state index in [0.717, 1.165) is 5.92 Å². The number of hydrogen-bond acceptors (Lipinski definition) is 6. The standard InChI is InChI=1S/C27H45N3O5S/c1-20-16-25(34-6)17-21(2)27(20)36(32,33)28(4)14-15-35-19-26(31)29(5)22(3)24-10-8-23(9-11-24)18-30-12-7-13-30/h16-17,22-24H,7-15,18-19H2,1-6H3/t22?,23-,24-. The minimum atomic E-state index is -3.68. The third kappa shape index (κ3) is 7.00. The number of aryl methyl sites for hydroxylation is 2. The van der Waals surface area contributed by atoms with Crippen LogP contribution in [-0.4, -0.2) is 95.1 Å². The van der Waals surface area contributed by atoms with Gasteiger partial charge < -0.3 is 19.3 Å². The summed E-state index contributed by atoms with van der Waals surface area (Å²) in [6, 6.07) is 3.62. The van der Waals surface area contributed by atoms with E-state index in [1.165, 1.54) is 63.1 Å². The molecule has 1 aromatic rings. The van der Waals surface area contributed by atoms with Crippen molar-refractivity contribution < 1.29 is 22.7 Å². The van der Waals surface area contributed by atoms with E-state index in [1.807, 2.05) is 11.9 Å². The second-order valence-corrected chi connectivity index (χ2v) is 12.6. The van der Waals surface area contributed by atoms with E-state index >= 15 is 0 Å². The zero-order valence-electron chi connectivity index (χ0n) is 23.0. The van der Waals surface area contributed by atoms with Crippen LogP contribution in [0.3, 0.4) is 0 Å². The number of benzene rings is 1. The van der Waals surface area contributed by atoms with Gasteiger partial charge in [-0.1, -0.05) is 0 Å². The maximum Gasteiger partial charge on any atom is 0.248 e. The number of likely N-dealkylation sites (N-methyl/N-ethyl adjacent to an activating group) is 2. The van der Waals surface area contributed by atoms with Crippen LogP contribution in [0, 0.1) is 25.7 Å². The van der Waals surface area contributed by atoms with Crippen molar-refractivity contribution in [3.8, 4) is 5.75 Å². The summed E-state index contributed by atoms with van der Waals surface area (Å²) in [7, 11) is 1.27. The molecule has 0 radical (unpaired) electrons. The average Bonchev–Trinajstić information content (AvgIpc) is 2.82. The van der Waals surface area contributed by atoms with Crippen LogP contribution >= 0.6 is 0 Å². The van der Waals surface area contributed by atoms with Gasteiger partial charge in [-0.15, -0.1) is 0 Å². The lowest BCUT2D eigenvalue weighted by Crippen LogP contribution is -2.44. The third-order valence-electron chi connectivity index (χ3n) is 8.16. The van der Waals surface area contributed by atoms with Crippen LogP contribution < -0.4 is 4.74 Å². The highest BCUT2D eigenvalue weighted by Gasteiger charge is 2.31. The van der Waals surface area contributed by atoms with Crippen molar-refractivity contribution in [2.45, 2.75) is 63.8 Å². The highest BCUT2D eigenvalue weighted by molar-refractivity contribution is 7.89. The van der Waals surface area contributed by atoms with E-state index in [2.05, 4.69) is 11.8 Å². The van der Waals surface area contributed by atoms with Gasteiger partial charge in [-0.3, -0.25) is 4.79 Å². The fourth-order valence-electron chi connectivity index (χ4n) is 5.49. The molecule has 1 aromatic carbocycles. The number of ether oxygens (including phenoxy) is 2. The van der Waals surface area contributed by atoms with Crippen LogP contribution in [-0.2, 0) is 19.6 Å². The first-order chi connectivity index (χ1) is 17.0. The molecule has 9 heteroatoms. The molecule has 36 heavy (non-hydrogen) atoms. The van der Waals surface area contributed by atoms with Gasteiger partial charge in [0.15, 0.2) is 0 Å². The maximum atomic E-state index is 13.1. The molecule has 0 spiro atoms. The molecule has 1 saturated carbocycles. The zero-order valence-corrected chi connectivity index (χ0v) is 23.8. The minimum absolute atomic E-state index is 0.0420. The summed E-state index contributed by atoms with van der Waals surface area (Å²) in [6.07, 6.45) is 6.18. The number of nitrogens with zero attached hydrogens (tertiary/aromatic N) is 3. The van der Waals surface area contributed by atoms with E-state index in [4.69, 9.17) is 9.47 Å². The number of amides is 1. The van der Waals surface area contributed by atoms with E-state index in [1.54, 1.807) is 33.1 Å². The number of sulfonamides is 1. The Labute approximate surface area is 218 Å². The molecule has 8 nitrogen and oxygen atoms in total. The van der Waals surface area contributed by atoms with Gasteiger partial charge >= 0.3 is 0 Å². The van der Waals surface area contributed by atoms with Gasteiger partial charge in [-0.05, 0) is 101 Å². The Hall–Kier alpha value is -1.68. The van der Waals surface area contributed by atoms with Gasteiger partial charge in [0.1, 0.15) is 12.4 Å². The Morgan fingerprint density at radius 2 is 1.72 bits per heavy atom. The number of carbonyl (C=O) groups is 1. The summed E-state index contributed by atoms with van der Waals surface area (Å²) in [4.78, 5) is 17.4. The second kappa shape index (κ2) is 12.7. The normalized spacial score (nSPS) is 21.8. The van der Waals surface area contributed by atoms with Gasteiger partial charge in [-0.2, -0.15) is 4.31 Å². The molecule has 2 fully saturated rings. The van der Waals surface area contributed by atoms with Crippen LogP contribution in [0.4, 0.5) is 0 Å². The first kappa shape index (κ1) is 28.9. The predicted octanol–water partition coefficient (Wildman–Crippen LogP) is 3.31. The third-order valence-corrected chi connectivity index (χ3v) is 10.3. The molecule has 1 aliphatic carbocycles. The van der Waals surface area contributed by atoms with Gasteiger partial charge in [0.2, 0.25) is 15.9 Å². The van der Waals surface area contributed by atoms with Crippen molar-refractivity contribution in [3.63, 3.8) is 0 Å². The minimum Gasteiger partial charge on any atom is -0.497 e. The van der Waals surface area contributed by atoms with Crippen molar-refractivity contribution in [2.75, 3.05) is 60.6 Å². The Balaban J connectivity index is 1.41. The van der Waals surface area contributed by atoms with Crippen LogP contribution in [0.25, 0.3) is 0 Å². The topological polar surface area (TPSA) is 79.4 Å². The first-order valence-corrected chi connectivity index (χ1v) is 14.7. The van der Waals surface area contributed by atoms with Crippen LogP contribution in [0.1, 0.15) is 50.2 Å². The molecule has 0 aromatic heterocycles. The summed E-state index contributed by atoms with van der Waals surface area (Å²) in [5.41, 5.74) is 1.28. The Bertz CT molecular complexity index is 964. The van der Waals surface area contributed by atoms with Crippen molar-refractivity contribution in [3.05, 3.63) is 23.3 Å². The molecular formula is C27H45N3O5S. The fraction of sp³-hybridized carbons (Fsp3) is 0.741. The highest BCUT2D eigenvalue weighted by Crippen LogP contribution is 2.33. The summed E-state index contributed by atoms with van der Waals surface area (Å²) in [6.45, 7) is 9.71. The quantitative estimate of drug-likeness (QED) is 0.391. The second-order valence-electron chi connectivity index (χ2n) is 10.6. The number of hydrogen-bond donors (Lipinski definition) is 0. The summed E-state index contributed by atoms with van der Waals surface area (Å²) in [5, 5.41) is 0. The highest BCUT2D eigenvalue weighted by atomic mass is 32.2. The number of rotatable bonds is 12. The van der Waals surface area contributed by atoms with Crippen LogP contribution in [0.5, 0.6) is 5.75 Å². The van der Waals surface area contributed by atoms with Crippen molar-refractivity contribution >= 4 is 15.9 Å². The van der Waals surface area contributed by atoms with Gasteiger partial charge in [0, 0.05) is 33.2 Å². The Morgan fingerprint density at radius 3 is 2.25 bits per heavy atom. The van der Waals surface area contributed by atoms with Crippen molar-refractivity contribution in [2.24, 2.45) is 11.8 Å². The van der Waals surface area contributed by atoms with E-state index in [-0.39, 0.29) is 36.6 Å². The number of methoxy groups -OCH3 is 1. The fourth-order valence-corrected chi connectivity index (χ4v) is 7.05. The number of carbonyl (C=O) groups excluding carboxylic acids is 1. The Morgan fingerprint density at radius 1 is 1.11 bits per heavy atom. The van der Waals surface area contributed by atoms with Gasteiger partial charge in [-0.25, -0.2) is 8.42 Å². The lowest BCUT2D eigenvalue weighted by Gasteiger charge is -2.40. The van der Waals surface area contributed by atoms with Crippen molar-refractivity contribution in [1.29, 1.82) is 0 Å². The van der Waals surface area contributed by atoms with Gasteiger partial charge in [0.05, 0.1) is 18.6 Å². The first-order valence-electron chi connectivity index (χ1n) is 13.2. The summed E-state index contributed by atoms with van der Waals surface area (Å²) >= 11 is 0. The summed E-state index contributed by atoms with van der Waals surface area (Å²) < 4.78 is 38.4. The predicted molar refractivity (Wildman–Crippen MR) is 142 cm³/mol. The molecule has 1 heterocycles. The molecule has 1 atom stereocenters. The van der Waals surface area contributed by atoms with Crippen molar-refractivity contribution in [1.82, 2.24) is 14.1 Å². The lowest BCUT2D eigenvalue weighted by molar-refractivity contribution is -0.138. The molecular weight excluding hydrogens is 478 g/mol. The molecule has 1 aliphatic heterocycles. The maximum absolute atomic E-state index is 13.1. The SMILES string of the molecule is COc1cc(C)c(S(=O)(=O)N(C)CCOCC(=O)N(C)C(C)[C@H]2CC[C@H](CN3CCC3)CC2)c(C)c1. The average molecular weight is 524 g/mol. The van der Waals surface area contributed by atoms with Crippen LogP contribution in [0.15, 0.2) is 17.0 Å².